The highest BCUT2D eigenvalue weighted by Gasteiger charge is 2.12. The lowest BCUT2D eigenvalue weighted by molar-refractivity contribution is -0.114. The lowest BCUT2D eigenvalue weighted by atomic mass is 10.1. The van der Waals surface area contributed by atoms with E-state index in [1.165, 1.54) is 0 Å². The van der Waals surface area contributed by atoms with E-state index in [4.69, 9.17) is 9.47 Å². The van der Waals surface area contributed by atoms with Gasteiger partial charge in [-0.3, -0.25) is 4.79 Å². The highest BCUT2D eigenvalue weighted by Crippen LogP contribution is 2.32. The standard InChI is InChI=1S/C12H12O3/c1-2-10(13)5-3-9-4-6-11-12(7-9)15-8-14-11/h3-7H,2,8H2,1H3/b5-3-. The summed E-state index contributed by atoms with van der Waals surface area (Å²) in [7, 11) is 0. The number of allylic oxidation sites excluding steroid dienone is 1. The molecule has 1 aromatic carbocycles. The first kappa shape index (κ1) is 9.77. The van der Waals surface area contributed by atoms with Crippen molar-refractivity contribution in [3.8, 4) is 11.5 Å². The maximum absolute atomic E-state index is 11.1. The lowest BCUT2D eigenvalue weighted by Crippen LogP contribution is -1.92. The molecule has 3 nitrogen and oxygen atoms in total. The number of ether oxygens (including phenoxy) is 2. The summed E-state index contributed by atoms with van der Waals surface area (Å²) < 4.78 is 10.4. The van der Waals surface area contributed by atoms with Gasteiger partial charge in [-0.05, 0) is 23.8 Å². The van der Waals surface area contributed by atoms with Crippen molar-refractivity contribution >= 4 is 11.9 Å². The number of rotatable bonds is 3. The second-order valence-electron chi connectivity index (χ2n) is 3.27. The summed E-state index contributed by atoms with van der Waals surface area (Å²) in [6, 6.07) is 5.60. The number of hydrogen-bond acceptors (Lipinski definition) is 3. The van der Waals surface area contributed by atoms with Crippen LogP contribution in [0.2, 0.25) is 0 Å². The van der Waals surface area contributed by atoms with Crippen molar-refractivity contribution in [2.75, 3.05) is 6.79 Å². The normalized spacial score (nSPS) is 13.4. The van der Waals surface area contributed by atoms with Crippen LogP contribution in [0.15, 0.2) is 24.3 Å². The molecule has 0 aliphatic carbocycles. The Hall–Kier alpha value is -1.77. The predicted molar refractivity (Wildman–Crippen MR) is 56.9 cm³/mol. The van der Waals surface area contributed by atoms with E-state index in [2.05, 4.69) is 0 Å². The van der Waals surface area contributed by atoms with Gasteiger partial charge in [-0.25, -0.2) is 0 Å². The van der Waals surface area contributed by atoms with E-state index in [1.54, 1.807) is 12.2 Å². The van der Waals surface area contributed by atoms with Crippen molar-refractivity contribution in [1.82, 2.24) is 0 Å². The van der Waals surface area contributed by atoms with Gasteiger partial charge in [0.15, 0.2) is 17.3 Å². The third-order valence-electron chi connectivity index (χ3n) is 2.21. The van der Waals surface area contributed by atoms with Gasteiger partial charge in [-0.15, -0.1) is 0 Å². The minimum Gasteiger partial charge on any atom is -0.454 e. The monoisotopic (exact) mass is 204 g/mol. The molecule has 0 saturated carbocycles. The Morgan fingerprint density at radius 1 is 1.40 bits per heavy atom. The highest BCUT2D eigenvalue weighted by atomic mass is 16.7. The largest absolute Gasteiger partial charge is 0.454 e. The first-order chi connectivity index (χ1) is 7.29. The van der Waals surface area contributed by atoms with E-state index in [1.807, 2.05) is 25.1 Å². The summed E-state index contributed by atoms with van der Waals surface area (Å²) in [6.45, 7) is 2.11. The quantitative estimate of drug-likeness (QED) is 0.709. The molecule has 0 amide bonds. The molecule has 0 aromatic heterocycles. The van der Waals surface area contributed by atoms with Crippen LogP contribution < -0.4 is 9.47 Å². The van der Waals surface area contributed by atoms with Crippen LogP contribution in [0.1, 0.15) is 18.9 Å². The maximum Gasteiger partial charge on any atom is 0.231 e. The van der Waals surface area contributed by atoms with E-state index in [0.29, 0.717) is 6.42 Å². The fourth-order valence-electron chi connectivity index (χ4n) is 1.32. The molecule has 1 aliphatic rings. The van der Waals surface area contributed by atoms with Gasteiger partial charge < -0.3 is 9.47 Å². The Bertz CT molecular complexity index is 407. The lowest BCUT2D eigenvalue weighted by Gasteiger charge is -1.97. The van der Waals surface area contributed by atoms with E-state index < -0.39 is 0 Å². The zero-order chi connectivity index (χ0) is 10.7. The zero-order valence-electron chi connectivity index (χ0n) is 8.53. The Morgan fingerprint density at radius 2 is 2.20 bits per heavy atom. The second-order valence-corrected chi connectivity index (χ2v) is 3.27. The fraction of sp³-hybridized carbons (Fsp3) is 0.250. The topological polar surface area (TPSA) is 35.5 Å². The number of benzene rings is 1. The van der Waals surface area contributed by atoms with Gasteiger partial charge in [0.05, 0.1) is 0 Å². The number of carbonyl (C=O) groups excluding carboxylic acids is 1. The molecule has 0 fully saturated rings. The first-order valence-corrected chi connectivity index (χ1v) is 4.90. The van der Waals surface area contributed by atoms with Gasteiger partial charge >= 0.3 is 0 Å². The summed E-state index contributed by atoms with van der Waals surface area (Å²) in [5, 5.41) is 0. The molecule has 3 heteroatoms. The molecule has 1 aliphatic heterocycles. The van der Waals surface area contributed by atoms with Crippen LogP contribution in [0.5, 0.6) is 11.5 Å². The van der Waals surface area contributed by atoms with Gasteiger partial charge in [0.2, 0.25) is 6.79 Å². The number of ketones is 1. The second kappa shape index (κ2) is 4.17. The van der Waals surface area contributed by atoms with Crippen molar-refractivity contribution in [2.45, 2.75) is 13.3 Å². The van der Waals surface area contributed by atoms with Crippen LogP contribution in [0.4, 0.5) is 0 Å². The van der Waals surface area contributed by atoms with Crippen molar-refractivity contribution < 1.29 is 14.3 Å². The van der Waals surface area contributed by atoms with Crippen LogP contribution >= 0.6 is 0 Å². The van der Waals surface area contributed by atoms with Crippen LogP contribution in [0.25, 0.3) is 6.08 Å². The van der Waals surface area contributed by atoms with Gasteiger partial charge in [0.1, 0.15) is 0 Å². The molecular weight excluding hydrogens is 192 g/mol. The van der Waals surface area contributed by atoms with Crippen molar-refractivity contribution in [1.29, 1.82) is 0 Å². The Morgan fingerprint density at radius 3 is 3.00 bits per heavy atom. The highest BCUT2D eigenvalue weighted by molar-refractivity contribution is 5.93. The molecular formula is C12H12O3. The minimum atomic E-state index is 0.118. The van der Waals surface area contributed by atoms with Gasteiger partial charge in [-0.1, -0.05) is 19.1 Å². The van der Waals surface area contributed by atoms with Crippen molar-refractivity contribution in [2.24, 2.45) is 0 Å². The third-order valence-corrected chi connectivity index (χ3v) is 2.21. The summed E-state index contributed by atoms with van der Waals surface area (Å²) in [5.74, 6) is 1.61. The molecule has 0 saturated heterocycles. The number of carbonyl (C=O) groups is 1. The molecule has 78 valence electrons. The molecule has 0 radical (unpaired) electrons. The zero-order valence-corrected chi connectivity index (χ0v) is 8.53. The van der Waals surface area contributed by atoms with Gasteiger partial charge in [0.25, 0.3) is 0 Å². The molecule has 0 spiro atoms. The molecule has 0 N–H and O–H groups in total. The molecule has 0 bridgehead atoms. The van der Waals surface area contributed by atoms with Gasteiger partial charge in [0, 0.05) is 6.42 Å². The molecule has 0 atom stereocenters. The predicted octanol–water partition coefficient (Wildman–Crippen LogP) is 2.41. The number of hydrogen-bond donors (Lipinski definition) is 0. The Labute approximate surface area is 88.3 Å². The van der Waals surface area contributed by atoms with Crippen LogP contribution in [0, 0.1) is 0 Å². The van der Waals surface area contributed by atoms with Gasteiger partial charge in [-0.2, -0.15) is 0 Å². The van der Waals surface area contributed by atoms with E-state index in [0.717, 1.165) is 17.1 Å². The number of fused-ring (bicyclic) bond motifs is 1. The fourth-order valence-corrected chi connectivity index (χ4v) is 1.32. The summed E-state index contributed by atoms with van der Waals surface area (Å²) in [4.78, 5) is 11.1. The summed E-state index contributed by atoms with van der Waals surface area (Å²) in [6.07, 6.45) is 3.90. The average Bonchev–Trinajstić information content (AvgIpc) is 2.72. The maximum atomic E-state index is 11.1. The molecule has 15 heavy (non-hydrogen) atoms. The van der Waals surface area contributed by atoms with Crippen molar-refractivity contribution in [3.63, 3.8) is 0 Å². The van der Waals surface area contributed by atoms with Crippen LogP contribution in [-0.2, 0) is 4.79 Å². The molecule has 0 unspecified atom stereocenters. The van der Waals surface area contributed by atoms with Crippen LogP contribution in [0.3, 0.4) is 0 Å². The molecule has 1 heterocycles. The SMILES string of the molecule is CCC(=O)/C=C\c1ccc2c(c1)OCO2. The Balaban J connectivity index is 2.16. The van der Waals surface area contributed by atoms with E-state index in [9.17, 15) is 4.79 Å². The average molecular weight is 204 g/mol. The van der Waals surface area contributed by atoms with Crippen molar-refractivity contribution in [3.05, 3.63) is 29.8 Å². The summed E-state index contributed by atoms with van der Waals surface area (Å²) >= 11 is 0. The summed E-state index contributed by atoms with van der Waals surface area (Å²) in [5.41, 5.74) is 0.945. The molecule has 1 aromatic rings. The first-order valence-electron chi connectivity index (χ1n) is 4.90. The smallest absolute Gasteiger partial charge is 0.231 e. The van der Waals surface area contributed by atoms with Crippen LogP contribution in [-0.4, -0.2) is 12.6 Å². The third kappa shape index (κ3) is 2.18. The van der Waals surface area contributed by atoms with E-state index in [-0.39, 0.29) is 12.6 Å². The minimum absolute atomic E-state index is 0.118. The van der Waals surface area contributed by atoms with E-state index >= 15 is 0 Å². The molecule has 2 rings (SSSR count). The Kier molecular flexibility index (Phi) is 2.72.